The molecule has 148 valence electrons. The van der Waals surface area contributed by atoms with Gasteiger partial charge in [-0.15, -0.1) is 24.0 Å². The first-order valence-corrected chi connectivity index (χ1v) is 9.71. The number of rotatable bonds is 7. The summed E-state index contributed by atoms with van der Waals surface area (Å²) >= 11 is 0. The van der Waals surface area contributed by atoms with E-state index in [1.54, 1.807) is 0 Å². The average Bonchev–Trinajstić information content (AvgIpc) is 3.35. The van der Waals surface area contributed by atoms with Crippen LogP contribution in [-0.4, -0.2) is 29.1 Å². The minimum Gasteiger partial charge on any atom is -0.356 e. The van der Waals surface area contributed by atoms with Gasteiger partial charge >= 0.3 is 0 Å². The van der Waals surface area contributed by atoms with Crippen molar-refractivity contribution in [2.75, 3.05) is 13.6 Å². The largest absolute Gasteiger partial charge is 0.356 e. The topological polar surface area (TPSA) is 54.2 Å². The predicted molar refractivity (Wildman–Crippen MR) is 123 cm³/mol. The van der Waals surface area contributed by atoms with Crippen molar-refractivity contribution in [2.45, 2.75) is 52.1 Å². The lowest BCUT2D eigenvalue weighted by molar-refractivity contribution is 0.283. The van der Waals surface area contributed by atoms with E-state index in [1.165, 1.54) is 43.2 Å². The summed E-state index contributed by atoms with van der Waals surface area (Å²) in [6.45, 7) is 4.97. The van der Waals surface area contributed by atoms with Crippen LogP contribution in [0.25, 0.3) is 0 Å². The average molecular weight is 481 g/mol. The second kappa shape index (κ2) is 10.7. The van der Waals surface area contributed by atoms with Crippen molar-refractivity contribution in [3.05, 3.63) is 54.1 Å². The molecule has 1 aromatic carbocycles. The van der Waals surface area contributed by atoms with Crippen LogP contribution >= 0.6 is 24.0 Å². The second-order valence-electron chi connectivity index (χ2n) is 7.39. The molecule has 1 aliphatic carbocycles. The second-order valence-corrected chi connectivity index (χ2v) is 7.39. The first-order chi connectivity index (χ1) is 12.7. The van der Waals surface area contributed by atoms with Crippen LogP contribution in [0.4, 0.5) is 0 Å². The minimum atomic E-state index is 0. The number of aliphatic imine (C=N–C) groups is 1. The van der Waals surface area contributed by atoms with Gasteiger partial charge in [-0.3, -0.25) is 4.99 Å². The van der Waals surface area contributed by atoms with Gasteiger partial charge in [0.2, 0.25) is 0 Å². The molecule has 0 spiro atoms. The maximum atomic E-state index is 4.38. The Hall–Kier alpha value is -1.57. The third-order valence-corrected chi connectivity index (χ3v) is 5.68. The highest BCUT2D eigenvalue weighted by atomic mass is 127. The van der Waals surface area contributed by atoms with Crippen molar-refractivity contribution in [1.29, 1.82) is 0 Å². The van der Waals surface area contributed by atoms with Crippen LogP contribution < -0.4 is 10.6 Å². The molecule has 0 radical (unpaired) electrons. The summed E-state index contributed by atoms with van der Waals surface area (Å²) in [6, 6.07) is 8.71. The number of nitrogens with zero attached hydrogens (tertiary/aromatic N) is 3. The van der Waals surface area contributed by atoms with E-state index in [0.29, 0.717) is 5.41 Å². The Balaban J connectivity index is 0.00000261. The molecule has 5 nitrogen and oxygen atoms in total. The Labute approximate surface area is 180 Å². The van der Waals surface area contributed by atoms with Gasteiger partial charge in [0.1, 0.15) is 0 Å². The van der Waals surface area contributed by atoms with Gasteiger partial charge in [0.05, 0.1) is 6.33 Å². The first kappa shape index (κ1) is 21.7. The van der Waals surface area contributed by atoms with Crippen LogP contribution in [0.2, 0.25) is 0 Å². The summed E-state index contributed by atoms with van der Waals surface area (Å²) in [4.78, 5) is 8.46. The summed E-state index contributed by atoms with van der Waals surface area (Å²) in [5, 5.41) is 6.98. The Morgan fingerprint density at radius 3 is 2.44 bits per heavy atom. The quantitative estimate of drug-likeness (QED) is 0.355. The number of imidazole rings is 1. The van der Waals surface area contributed by atoms with Crippen molar-refractivity contribution in [3.8, 4) is 0 Å². The van der Waals surface area contributed by atoms with Crippen LogP contribution in [0.5, 0.6) is 0 Å². The number of benzene rings is 1. The summed E-state index contributed by atoms with van der Waals surface area (Å²) < 4.78 is 2.08. The summed E-state index contributed by atoms with van der Waals surface area (Å²) in [6.07, 6.45) is 12.3. The zero-order valence-corrected chi connectivity index (χ0v) is 18.8. The molecule has 1 saturated carbocycles. The maximum absolute atomic E-state index is 4.38. The van der Waals surface area contributed by atoms with Gasteiger partial charge in [-0.05, 0) is 35.8 Å². The Kier molecular flexibility index (Phi) is 8.60. The molecule has 0 amide bonds. The van der Waals surface area contributed by atoms with E-state index in [2.05, 4.69) is 56.4 Å². The fourth-order valence-electron chi connectivity index (χ4n) is 3.81. The zero-order valence-electron chi connectivity index (χ0n) is 16.4. The van der Waals surface area contributed by atoms with Gasteiger partial charge in [-0.1, -0.05) is 44.0 Å². The minimum absolute atomic E-state index is 0. The lowest BCUT2D eigenvalue weighted by Crippen LogP contribution is -2.42. The zero-order chi connectivity index (χ0) is 18.2. The molecule has 1 aromatic heterocycles. The Bertz CT molecular complexity index is 688. The van der Waals surface area contributed by atoms with Crippen LogP contribution in [-0.2, 0) is 13.1 Å². The SMILES string of the molecule is CCC1(CNC(=NC)NCc2ccc(Cn3ccnc3)cc2)CCCC1.I. The third-order valence-electron chi connectivity index (χ3n) is 5.68. The van der Waals surface area contributed by atoms with E-state index >= 15 is 0 Å². The fourth-order valence-corrected chi connectivity index (χ4v) is 3.81. The highest BCUT2D eigenvalue weighted by molar-refractivity contribution is 14.0. The van der Waals surface area contributed by atoms with Gasteiger partial charge in [0.15, 0.2) is 5.96 Å². The van der Waals surface area contributed by atoms with Gasteiger partial charge in [0.25, 0.3) is 0 Å². The normalized spacial score (nSPS) is 16.0. The predicted octanol–water partition coefficient (Wildman–Crippen LogP) is 4.18. The van der Waals surface area contributed by atoms with Gasteiger partial charge in [0, 0.05) is 39.1 Å². The number of halogens is 1. The molecule has 0 aliphatic heterocycles. The molecule has 0 atom stereocenters. The highest BCUT2D eigenvalue weighted by Crippen LogP contribution is 2.40. The van der Waals surface area contributed by atoms with E-state index < -0.39 is 0 Å². The molecule has 0 unspecified atom stereocenters. The van der Waals surface area contributed by atoms with E-state index in [1.807, 2.05) is 25.8 Å². The fraction of sp³-hybridized carbons (Fsp3) is 0.524. The molecule has 2 aromatic rings. The standard InChI is InChI=1S/C21H31N5.HI/c1-3-21(10-4-5-11-21)16-25-20(22-2)24-14-18-6-8-19(9-7-18)15-26-13-12-23-17-26;/h6-9,12-13,17H,3-5,10-11,14-16H2,1-2H3,(H2,22,24,25);1H. The van der Waals surface area contributed by atoms with E-state index in [0.717, 1.165) is 25.6 Å². The van der Waals surface area contributed by atoms with Crippen molar-refractivity contribution in [3.63, 3.8) is 0 Å². The Morgan fingerprint density at radius 2 is 1.85 bits per heavy atom. The molecule has 1 heterocycles. The van der Waals surface area contributed by atoms with Crippen LogP contribution in [0, 0.1) is 5.41 Å². The van der Waals surface area contributed by atoms with Crippen LogP contribution in [0.15, 0.2) is 48.0 Å². The first-order valence-electron chi connectivity index (χ1n) is 9.71. The number of aromatic nitrogens is 2. The van der Waals surface area contributed by atoms with E-state index in [4.69, 9.17) is 0 Å². The van der Waals surface area contributed by atoms with Gasteiger partial charge in [-0.2, -0.15) is 0 Å². The summed E-state index contributed by atoms with van der Waals surface area (Å²) in [5.74, 6) is 0.896. The van der Waals surface area contributed by atoms with E-state index in [-0.39, 0.29) is 24.0 Å². The molecule has 6 heteroatoms. The van der Waals surface area contributed by atoms with Gasteiger partial charge < -0.3 is 15.2 Å². The third kappa shape index (κ3) is 6.23. The smallest absolute Gasteiger partial charge is 0.191 e. The van der Waals surface area contributed by atoms with Crippen molar-refractivity contribution in [2.24, 2.45) is 10.4 Å². The summed E-state index contributed by atoms with van der Waals surface area (Å²) in [7, 11) is 1.84. The molecule has 1 aliphatic rings. The van der Waals surface area contributed by atoms with Gasteiger partial charge in [-0.25, -0.2) is 4.98 Å². The van der Waals surface area contributed by atoms with Crippen LogP contribution in [0.1, 0.15) is 50.2 Å². The number of hydrogen-bond acceptors (Lipinski definition) is 2. The Morgan fingerprint density at radius 1 is 1.15 bits per heavy atom. The molecular formula is C21H32IN5. The molecule has 3 rings (SSSR count). The number of nitrogens with one attached hydrogen (secondary N) is 2. The lowest BCUT2D eigenvalue weighted by Gasteiger charge is -2.28. The molecule has 27 heavy (non-hydrogen) atoms. The highest BCUT2D eigenvalue weighted by Gasteiger charge is 2.31. The number of guanidine groups is 1. The molecule has 1 fully saturated rings. The van der Waals surface area contributed by atoms with E-state index in [9.17, 15) is 0 Å². The molecule has 0 bridgehead atoms. The lowest BCUT2D eigenvalue weighted by atomic mass is 9.83. The van der Waals surface area contributed by atoms with Crippen LogP contribution in [0.3, 0.4) is 0 Å². The van der Waals surface area contributed by atoms with Crippen molar-refractivity contribution < 1.29 is 0 Å². The monoisotopic (exact) mass is 481 g/mol. The van der Waals surface area contributed by atoms with Crippen molar-refractivity contribution >= 4 is 29.9 Å². The molecule has 2 N–H and O–H groups in total. The number of hydrogen-bond donors (Lipinski definition) is 2. The molecular weight excluding hydrogens is 449 g/mol. The maximum Gasteiger partial charge on any atom is 0.191 e. The van der Waals surface area contributed by atoms with Crippen molar-refractivity contribution in [1.82, 2.24) is 20.2 Å². The molecule has 0 saturated heterocycles. The summed E-state index contributed by atoms with van der Waals surface area (Å²) in [5.41, 5.74) is 3.00.